The molecule has 2 N–H and O–H groups in total. The normalized spacial score (nSPS) is 10.8. The molecule has 0 fully saturated rings. The Morgan fingerprint density at radius 3 is 2.57 bits per heavy atom. The molecule has 0 bridgehead atoms. The number of nitrogens with zero attached hydrogens (tertiary/aromatic N) is 1. The minimum absolute atomic E-state index is 0.0546. The van der Waals surface area contributed by atoms with Crippen molar-refractivity contribution in [2.45, 2.75) is 0 Å². The first kappa shape index (κ1) is 14.6. The SMILES string of the molecule is N#C/C(=C/c1ccc(O)c(Cl)c1)C(=O)Nc1ccccc1. The van der Waals surface area contributed by atoms with Crippen molar-refractivity contribution in [1.29, 1.82) is 5.26 Å². The minimum atomic E-state index is -0.507. The molecule has 0 saturated heterocycles. The standard InChI is InChI=1S/C16H11ClN2O2/c17-14-9-11(6-7-15(14)20)8-12(10-18)16(21)19-13-4-2-1-3-5-13/h1-9,20H,(H,19,21)/b12-8-. The number of carbonyl (C=O) groups excluding carboxylic acids is 1. The van der Waals surface area contributed by atoms with Gasteiger partial charge in [0.2, 0.25) is 0 Å². The highest BCUT2D eigenvalue weighted by Gasteiger charge is 2.09. The number of phenols is 1. The van der Waals surface area contributed by atoms with Gasteiger partial charge in [0.25, 0.3) is 5.91 Å². The Labute approximate surface area is 126 Å². The Balaban J connectivity index is 2.22. The van der Waals surface area contributed by atoms with Crippen LogP contribution in [-0.2, 0) is 4.79 Å². The molecule has 5 heteroatoms. The van der Waals surface area contributed by atoms with Gasteiger partial charge < -0.3 is 10.4 Å². The number of benzene rings is 2. The van der Waals surface area contributed by atoms with E-state index in [0.29, 0.717) is 11.3 Å². The molecule has 0 radical (unpaired) electrons. The van der Waals surface area contributed by atoms with Crippen molar-refractivity contribution in [2.75, 3.05) is 5.32 Å². The van der Waals surface area contributed by atoms with Crippen LogP contribution < -0.4 is 5.32 Å². The molecule has 0 aliphatic rings. The minimum Gasteiger partial charge on any atom is -0.506 e. The summed E-state index contributed by atoms with van der Waals surface area (Å²) in [6, 6.07) is 15.1. The summed E-state index contributed by atoms with van der Waals surface area (Å²) < 4.78 is 0. The van der Waals surface area contributed by atoms with Crippen molar-refractivity contribution in [1.82, 2.24) is 0 Å². The van der Waals surface area contributed by atoms with E-state index < -0.39 is 5.91 Å². The topological polar surface area (TPSA) is 73.1 Å². The summed E-state index contributed by atoms with van der Waals surface area (Å²) in [7, 11) is 0. The number of halogens is 1. The monoisotopic (exact) mass is 298 g/mol. The van der Waals surface area contributed by atoms with Crippen LogP contribution in [0.15, 0.2) is 54.1 Å². The van der Waals surface area contributed by atoms with E-state index in [1.165, 1.54) is 18.2 Å². The number of carbonyl (C=O) groups is 1. The highest BCUT2D eigenvalue weighted by Crippen LogP contribution is 2.24. The Kier molecular flexibility index (Phi) is 4.60. The van der Waals surface area contributed by atoms with Crippen molar-refractivity contribution < 1.29 is 9.90 Å². The van der Waals surface area contributed by atoms with Gasteiger partial charge in [-0.05, 0) is 35.9 Å². The van der Waals surface area contributed by atoms with Gasteiger partial charge in [0, 0.05) is 5.69 Å². The molecule has 4 nitrogen and oxygen atoms in total. The maximum atomic E-state index is 12.0. The summed E-state index contributed by atoms with van der Waals surface area (Å²) in [6.07, 6.45) is 1.41. The molecule has 0 aliphatic heterocycles. The molecule has 0 saturated carbocycles. The Morgan fingerprint density at radius 2 is 1.95 bits per heavy atom. The second-order valence-electron chi connectivity index (χ2n) is 4.20. The maximum Gasteiger partial charge on any atom is 0.266 e. The van der Waals surface area contributed by atoms with Gasteiger partial charge >= 0.3 is 0 Å². The second-order valence-corrected chi connectivity index (χ2v) is 4.61. The number of anilines is 1. The molecule has 21 heavy (non-hydrogen) atoms. The van der Waals surface area contributed by atoms with Crippen LogP contribution in [0.4, 0.5) is 5.69 Å². The van der Waals surface area contributed by atoms with Crippen LogP contribution in [0.25, 0.3) is 6.08 Å². The molecule has 0 aliphatic carbocycles. The van der Waals surface area contributed by atoms with Crippen LogP contribution in [0.2, 0.25) is 5.02 Å². The van der Waals surface area contributed by atoms with E-state index in [9.17, 15) is 9.90 Å². The molecule has 2 aromatic rings. The van der Waals surface area contributed by atoms with E-state index in [-0.39, 0.29) is 16.3 Å². The first-order valence-electron chi connectivity index (χ1n) is 6.07. The van der Waals surface area contributed by atoms with E-state index >= 15 is 0 Å². The number of nitriles is 1. The molecular formula is C16H11ClN2O2. The van der Waals surface area contributed by atoms with E-state index in [1.807, 2.05) is 12.1 Å². The molecule has 1 amide bonds. The quantitative estimate of drug-likeness (QED) is 0.672. The van der Waals surface area contributed by atoms with Crippen molar-refractivity contribution in [3.05, 3.63) is 64.7 Å². The van der Waals surface area contributed by atoms with E-state index in [1.54, 1.807) is 30.3 Å². The summed E-state index contributed by atoms with van der Waals surface area (Å²) >= 11 is 5.79. The summed E-state index contributed by atoms with van der Waals surface area (Å²) in [5.74, 6) is -0.561. The first-order valence-corrected chi connectivity index (χ1v) is 6.44. The number of aromatic hydroxyl groups is 1. The van der Waals surface area contributed by atoms with E-state index in [0.717, 1.165) is 0 Å². The summed E-state index contributed by atoms with van der Waals surface area (Å²) in [5, 5.41) is 21.2. The highest BCUT2D eigenvalue weighted by atomic mass is 35.5. The lowest BCUT2D eigenvalue weighted by atomic mass is 10.1. The van der Waals surface area contributed by atoms with Crippen LogP contribution in [0.1, 0.15) is 5.56 Å². The molecular weight excluding hydrogens is 288 g/mol. The Hall–Kier alpha value is -2.77. The first-order chi connectivity index (χ1) is 10.1. The summed E-state index contributed by atoms with van der Waals surface area (Å²) in [4.78, 5) is 12.0. The van der Waals surface area contributed by atoms with Crippen molar-refractivity contribution in [3.63, 3.8) is 0 Å². The van der Waals surface area contributed by atoms with Gasteiger partial charge in [0.05, 0.1) is 5.02 Å². The van der Waals surface area contributed by atoms with Gasteiger partial charge in [-0.1, -0.05) is 35.9 Å². The van der Waals surface area contributed by atoms with Gasteiger partial charge in [0.15, 0.2) is 0 Å². The van der Waals surface area contributed by atoms with Crippen LogP contribution in [0.5, 0.6) is 5.75 Å². The fraction of sp³-hybridized carbons (Fsp3) is 0. The Morgan fingerprint density at radius 1 is 1.24 bits per heavy atom. The summed E-state index contributed by atoms with van der Waals surface area (Å²) in [6.45, 7) is 0. The number of hydrogen-bond donors (Lipinski definition) is 2. The zero-order valence-electron chi connectivity index (χ0n) is 10.9. The molecule has 0 spiro atoms. The van der Waals surface area contributed by atoms with Crippen molar-refractivity contribution in [2.24, 2.45) is 0 Å². The third kappa shape index (κ3) is 3.85. The molecule has 2 rings (SSSR count). The predicted octanol–water partition coefficient (Wildman–Crippen LogP) is 3.59. The van der Waals surface area contributed by atoms with Crippen molar-refractivity contribution in [3.8, 4) is 11.8 Å². The number of nitrogens with one attached hydrogen (secondary N) is 1. The average Bonchev–Trinajstić information content (AvgIpc) is 2.49. The van der Waals surface area contributed by atoms with Crippen molar-refractivity contribution >= 4 is 29.3 Å². The molecule has 2 aromatic carbocycles. The number of phenolic OH excluding ortho intramolecular Hbond substituents is 1. The lowest BCUT2D eigenvalue weighted by molar-refractivity contribution is -0.112. The third-order valence-corrected chi connectivity index (χ3v) is 2.98. The van der Waals surface area contributed by atoms with Gasteiger partial charge in [-0.25, -0.2) is 0 Å². The van der Waals surface area contributed by atoms with Gasteiger partial charge in [0.1, 0.15) is 17.4 Å². The number of para-hydroxylation sites is 1. The summed E-state index contributed by atoms with van der Waals surface area (Å²) in [5.41, 5.74) is 1.10. The lowest BCUT2D eigenvalue weighted by Gasteiger charge is -2.04. The fourth-order valence-electron chi connectivity index (χ4n) is 1.65. The third-order valence-electron chi connectivity index (χ3n) is 2.68. The Bertz CT molecular complexity index is 734. The molecule has 0 unspecified atom stereocenters. The average molecular weight is 299 g/mol. The zero-order valence-corrected chi connectivity index (χ0v) is 11.6. The predicted molar refractivity (Wildman–Crippen MR) is 81.8 cm³/mol. The highest BCUT2D eigenvalue weighted by molar-refractivity contribution is 6.32. The number of amides is 1. The smallest absolute Gasteiger partial charge is 0.266 e. The van der Waals surface area contributed by atoms with Crippen LogP contribution >= 0.6 is 11.6 Å². The maximum absolute atomic E-state index is 12.0. The van der Waals surface area contributed by atoms with Crippen LogP contribution in [0, 0.1) is 11.3 Å². The lowest BCUT2D eigenvalue weighted by Crippen LogP contribution is -2.13. The van der Waals surface area contributed by atoms with Crippen LogP contribution in [-0.4, -0.2) is 11.0 Å². The van der Waals surface area contributed by atoms with E-state index in [2.05, 4.69) is 5.32 Å². The van der Waals surface area contributed by atoms with Gasteiger partial charge in [-0.15, -0.1) is 0 Å². The number of hydrogen-bond acceptors (Lipinski definition) is 3. The fourth-order valence-corrected chi connectivity index (χ4v) is 1.84. The van der Waals surface area contributed by atoms with Gasteiger partial charge in [-0.3, -0.25) is 4.79 Å². The van der Waals surface area contributed by atoms with Crippen LogP contribution in [0.3, 0.4) is 0 Å². The molecule has 0 aromatic heterocycles. The number of rotatable bonds is 3. The van der Waals surface area contributed by atoms with E-state index in [4.69, 9.17) is 16.9 Å². The molecule has 0 atom stereocenters. The molecule has 0 heterocycles. The largest absolute Gasteiger partial charge is 0.506 e. The zero-order chi connectivity index (χ0) is 15.2. The second kappa shape index (κ2) is 6.60. The molecule has 104 valence electrons. The van der Waals surface area contributed by atoms with Gasteiger partial charge in [-0.2, -0.15) is 5.26 Å².